The fraction of sp³-hybridized carbons (Fsp3) is 0.176. The predicted molar refractivity (Wildman–Crippen MR) is 99.0 cm³/mol. The Labute approximate surface area is 154 Å². The third-order valence-corrected chi connectivity index (χ3v) is 4.78. The summed E-state index contributed by atoms with van der Waals surface area (Å²) in [5.74, 6) is 0.150. The number of esters is 1. The molecule has 0 aliphatic heterocycles. The molecule has 1 amide bonds. The van der Waals surface area contributed by atoms with Gasteiger partial charge in [-0.15, -0.1) is 11.8 Å². The molecule has 0 aliphatic carbocycles. The molecule has 0 aliphatic rings. The molecule has 0 atom stereocenters. The lowest BCUT2D eigenvalue weighted by Gasteiger charge is -2.08. The van der Waals surface area contributed by atoms with E-state index in [1.807, 2.05) is 0 Å². The van der Waals surface area contributed by atoms with Gasteiger partial charge in [0, 0.05) is 21.5 Å². The number of ether oxygens (including phenoxy) is 1. The molecule has 4 nitrogen and oxygen atoms in total. The van der Waals surface area contributed by atoms with Crippen LogP contribution in [0.25, 0.3) is 0 Å². The summed E-state index contributed by atoms with van der Waals surface area (Å²) in [6, 6.07) is 11.9. The summed E-state index contributed by atoms with van der Waals surface area (Å²) in [6.07, 6.45) is 0. The maximum Gasteiger partial charge on any atom is 0.337 e. The highest BCUT2D eigenvalue weighted by Crippen LogP contribution is 2.28. The van der Waals surface area contributed by atoms with Crippen molar-refractivity contribution in [2.45, 2.75) is 5.75 Å². The van der Waals surface area contributed by atoms with Gasteiger partial charge < -0.3 is 10.1 Å². The zero-order valence-corrected chi connectivity index (χ0v) is 15.2. The summed E-state index contributed by atoms with van der Waals surface area (Å²) in [4.78, 5) is 23.5. The van der Waals surface area contributed by atoms with E-state index in [1.165, 1.54) is 18.9 Å². The fourth-order valence-electron chi connectivity index (χ4n) is 1.95. The molecule has 0 radical (unpaired) electrons. The van der Waals surface area contributed by atoms with E-state index in [-0.39, 0.29) is 11.7 Å². The zero-order valence-electron chi connectivity index (χ0n) is 12.8. The minimum atomic E-state index is -0.450. The van der Waals surface area contributed by atoms with Crippen molar-refractivity contribution in [2.75, 3.05) is 18.2 Å². The number of nitrogens with one attached hydrogen (secondary N) is 1. The standard InChI is InChI=1S/C17H15Cl2NO3S/c1-23-17(22)11-4-2-5-12(8-11)20-16(21)10-24-9-13-14(18)6-3-7-15(13)19/h2-8H,9-10H2,1H3,(H,20,21). The number of halogens is 2. The van der Waals surface area contributed by atoms with Crippen LogP contribution in [0.2, 0.25) is 10.0 Å². The van der Waals surface area contributed by atoms with Crippen LogP contribution in [-0.4, -0.2) is 24.7 Å². The second-order valence-electron chi connectivity index (χ2n) is 4.81. The van der Waals surface area contributed by atoms with Crippen molar-refractivity contribution in [3.63, 3.8) is 0 Å². The first kappa shape index (κ1) is 18.6. The van der Waals surface area contributed by atoms with Gasteiger partial charge >= 0.3 is 5.97 Å². The van der Waals surface area contributed by atoms with Crippen LogP contribution in [-0.2, 0) is 15.3 Å². The smallest absolute Gasteiger partial charge is 0.337 e. The summed E-state index contributed by atoms with van der Waals surface area (Å²) in [5.41, 5.74) is 1.73. The third-order valence-electron chi connectivity index (χ3n) is 3.11. The quantitative estimate of drug-likeness (QED) is 0.737. The minimum Gasteiger partial charge on any atom is -0.465 e. The summed E-state index contributed by atoms with van der Waals surface area (Å²) < 4.78 is 4.65. The summed E-state index contributed by atoms with van der Waals surface area (Å²) in [5, 5.41) is 3.91. The Morgan fingerprint density at radius 1 is 1.12 bits per heavy atom. The van der Waals surface area contributed by atoms with Crippen LogP contribution in [0.4, 0.5) is 5.69 Å². The molecule has 0 fully saturated rings. The molecule has 0 unspecified atom stereocenters. The second kappa shape index (κ2) is 8.97. The maximum absolute atomic E-state index is 12.0. The molecular formula is C17H15Cl2NO3S. The Morgan fingerprint density at radius 3 is 2.46 bits per heavy atom. The minimum absolute atomic E-state index is 0.176. The number of anilines is 1. The highest BCUT2D eigenvalue weighted by atomic mass is 35.5. The van der Waals surface area contributed by atoms with E-state index in [0.717, 1.165) is 5.56 Å². The molecule has 0 saturated carbocycles. The van der Waals surface area contributed by atoms with Crippen LogP contribution >= 0.6 is 35.0 Å². The van der Waals surface area contributed by atoms with Gasteiger partial charge in [0.25, 0.3) is 0 Å². The number of hydrogen-bond acceptors (Lipinski definition) is 4. The lowest BCUT2D eigenvalue weighted by atomic mass is 10.2. The first-order valence-corrected chi connectivity index (χ1v) is 8.91. The van der Waals surface area contributed by atoms with Crippen LogP contribution in [0.1, 0.15) is 15.9 Å². The van der Waals surface area contributed by atoms with Crippen molar-refractivity contribution in [1.82, 2.24) is 0 Å². The van der Waals surface area contributed by atoms with Crippen LogP contribution in [0.3, 0.4) is 0 Å². The van der Waals surface area contributed by atoms with Gasteiger partial charge in [-0.2, -0.15) is 0 Å². The number of carbonyl (C=O) groups is 2. The van der Waals surface area contributed by atoms with Gasteiger partial charge in [-0.25, -0.2) is 4.79 Å². The number of hydrogen-bond donors (Lipinski definition) is 1. The monoisotopic (exact) mass is 383 g/mol. The number of amides is 1. The molecule has 0 saturated heterocycles. The van der Waals surface area contributed by atoms with Crippen LogP contribution < -0.4 is 5.32 Å². The third kappa shape index (κ3) is 5.16. The van der Waals surface area contributed by atoms with Gasteiger partial charge in [0.2, 0.25) is 5.91 Å². The van der Waals surface area contributed by atoms with Gasteiger partial charge in [-0.3, -0.25) is 4.79 Å². The Hall–Kier alpha value is -1.69. The number of methoxy groups -OCH3 is 1. The summed E-state index contributed by atoms with van der Waals surface area (Å²) >= 11 is 13.6. The summed E-state index contributed by atoms with van der Waals surface area (Å²) in [7, 11) is 1.31. The molecule has 0 heterocycles. The van der Waals surface area contributed by atoms with Crippen LogP contribution in [0.5, 0.6) is 0 Å². The molecule has 126 valence electrons. The van der Waals surface area contributed by atoms with Crippen molar-refractivity contribution in [1.29, 1.82) is 0 Å². The average molecular weight is 384 g/mol. The topological polar surface area (TPSA) is 55.4 Å². The molecule has 1 N–H and O–H groups in total. The average Bonchev–Trinajstić information content (AvgIpc) is 2.57. The van der Waals surface area contributed by atoms with Crippen molar-refractivity contribution < 1.29 is 14.3 Å². The number of thioether (sulfide) groups is 1. The largest absolute Gasteiger partial charge is 0.465 e. The molecule has 2 aromatic rings. The number of benzene rings is 2. The Morgan fingerprint density at radius 2 is 1.79 bits per heavy atom. The summed E-state index contributed by atoms with van der Waals surface area (Å²) in [6.45, 7) is 0. The van der Waals surface area contributed by atoms with E-state index in [9.17, 15) is 9.59 Å². The van der Waals surface area contributed by atoms with Gasteiger partial charge in [-0.05, 0) is 35.9 Å². The normalized spacial score (nSPS) is 10.3. The van der Waals surface area contributed by atoms with Gasteiger partial charge in [0.1, 0.15) is 0 Å². The van der Waals surface area contributed by atoms with E-state index in [0.29, 0.717) is 27.0 Å². The number of rotatable bonds is 6. The fourth-order valence-corrected chi connectivity index (χ4v) is 3.52. The van der Waals surface area contributed by atoms with Crippen molar-refractivity contribution in [3.8, 4) is 0 Å². The molecule has 0 aromatic heterocycles. The predicted octanol–water partition coefficient (Wildman–Crippen LogP) is 4.65. The molecule has 2 rings (SSSR count). The van der Waals surface area contributed by atoms with E-state index in [1.54, 1.807) is 42.5 Å². The Kier molecular flexibility index (Phi) is 6.97. The first-order valence-electron chi connectivity index (χ1n) is 7.00. The molecule has 0 bridgehead atoms. The van der Waals surface area contributed by atoms with E-state index in [2.05, 4.69) is 10.1 Å². The van der Waals surface area contributed by atoms with E-state index >= 15 is 0 Å². The van der Waals surface area contributed by atoms with E-state index < -0.39 is 5.97 Å². The first-order chi connectivity index (χ1) is 11.5. The van der Waals surface area contributed by atoms with Gasteiger partial charge in [0.05, 0.1) is 18.4 Å². The van der Waals surface area contributed by atoms with Crippen LogP contribution in [0.15, 0.2) is 42.5 Å². The van der Waals surface area contributed by atoms with Crippen molar-refractivity contribution >= 4 is 52.5 Å². The second-order valence-corrected chi connectivity index (χ2v) is 6.61. The van der Waals surface area contributed by atoms with E-state index in [4.69, 9.17) is 23.2 Å². The van der Waals surface area contributed by atoms with Crippen LogP contribution in [0, 0.1) is 0 Å². The highest BCUT2D eigenvalue weighted by Gasteiger charge is 2.10. The Balaban J connectivity index is 1.89. The lowest BCUT2D eigenvalue weighted by Crippen LogP contribution is -2.14. The molecule has 7 heteroatoms. The van der Waals surface area contributed by atoms with Crippen molar-refractivity contribution in [3.05, 3.63) is 63.6 Å². The SMILES string of the molecule is COC(=O)c1cccc(NC(=O)CSCc2c(Cl)cccc2Cl)c1. The zero-order chi connectivity index (χ0) is 17.5. The Bertz CT molecular complexity index is 732. The van der Waals surface area contributed by atoms with Crippen molar-refractivity contribution in [2.24, 2.45) is 0 Å². The van der Waals surface area contributed by atoms with Gasteiger partial charge in [-0.1, -0.05) is 35.3 Å². The molecule has 24 heavy (non-hydrogen) atoms. The lowest BCUT2D eigenvalue weighted by molar-refractivity contribution is -0.113. The molecule has 2 aromatic carbocycles. The maximum atomic E-state index is 12.0. The molecule has 0 spiro atoms. The highest BCUT2D eigenvalue weighted by molar-refractivity contribution is 7.99. The van der Waals surface area contributed by atoms with Gasteiger partial charge in [0.15, 0.2) is 0 Å². The number of carbonyl (C=O) groups excluding carboxylic acids is 2. The molecular weight excluding hydrogens is 369 g/mol.